The van der Waals surface area contributed by atoms with Crippen LogP contribution in [0.25, 0.3) is 11.4 Å². The van der Waals surface area contributed by atoms with Crippen LogP contribution in [0.2, 0.25) is 0 Å². The molecule has 0 radical (unpaired) electrons. The van der Waals surface area contributed by atoms with Crippen molar-refractivity contribution < 1.29 is 23.1 Å². The summed E-state index contributed by atoms with van der Waals surface area (Å²) in [6.45, 7) is 1.36. The van der Waals surface area contributed by atoms with Crippen molar-refractivity contribution in [3.8, 4) is 11.4 Å². The zero-order valence-corrected chi connectivity index (χ0v) is 10.1. The first-order chi connectivity index (χ1) is 9.31. The van der Waals surface area contributed by atoms with Gasteiger partial charge >= 0.3 is 5.97 Å². The minimum atomic E-state index is -1.61. The van der Waals surface area contributed by atoms with Crippen molar-refractivity contribution in [3.05, 3.63) is 40.8 Å². The summed E-state index contributed by atoms with van der Waals surface area (Å²) in [6.07, 6.45) is 0. The molecular weight excluding hydrogens is 275 g/mol. The molecule has 1 aromatic carbocycles. The van der Waals surface area contributed by atoms with Gasteiger partial charge in [0.05, 0.1) is 5.69 Å². The number of nitrogen functional groups attached to an aromatic ring is 1. The average Bonchev–Trinajstić information content (AvgIpc) is 2.33. The molecule has 0 aliphatic heterocycles. The van der Waals surface area contributed by atoms with E-state index in [0.717, 1.165) is 0 Å². The highest BCUT2D eigenvalue weighted by atomic mass is 19.2. The fraction of sp³-hybridized carbons (Fsp3) is 0.0833. The van der Waals surface area contributed by atoms with Crippen molar-refractivity contribution >= 4 is 11.8 Å². The summed E-state index contributed by atoms with van der Waals surface area (Å²) in [6, 6.07) is 1.40. The van der Waals surface area contributed by atoms with Gasteiger partial charge in [0.2, 0.25) is 0 Å². The lowest BCUT2D eigenvalue weighted by molar-refractivity contribution is 0.0696. The molecule has 0 aliphatic carbocycles. The minimum Gasteiger partial charge on any atom is -0.477 e. The first kappa shape index (κ1) is 13.8. The van der Waals surface area contributed by atoms with E-state index in [1.165, 1.54) is 6.92 Å². The van der Waals surface area contributed by atoms with E-state index in [4.69, 9.17) is 10.8 Å². The Bertz CT molecular complexity index is 673. The maximum atomic E-state index is 13.1. The smallest absolute Gasteiger partial charge is 0.341 e. The summed E-state index contributed by atoms with van der Waals surface area (Å²) in [5.74, 6) is -6.26. The Morgan fingerprint density at radius 3 is 2.20 bits per heavy atom. The van der Waals surface area contributed by atoms with Crippen molar-refractivity contribution in [2.45, 2.75) is 6.92 Å². The van der Waals surface area contributed by atoms with Crippen LogP contribution in [0.4, 0.5) is 19.0 Å². The summed E-state index contributed by atoms with van der Waals surface area (Å²) in [5.41, 5.74) is 5.07. The van der Waals surface area contributed by atoms with Crippen LogP contribution in [0.15, 0.2) is 12.1 Å². The minimum absolute atomic E-state index is 0.0325. The lowest BCUT2D eigenvalue weighted by Gasteiger charge is -2.08. The molecule has 0 unspecified atom stereocenters. The Morgan fingerprint density at radius 2 is 1.75 bits per heavy atom. The Hall–Kier alpha value is -2.64. The number of nitrogens with zero attached hydrogens (tertiary/aromatic N) is 2. The highest BCUT2D eigenvalue weighted by Crippen LogP contribution is 2.23. The molecule has 3 N–H and O–H groups in total. The van der Waals surface area contributed by atoms with Crippen molar-refractivity contribution in [1.29, 1.82) is 0 Å². The van der Waals surface area contributed by atoms with Crippen LogP contribution >= 0.6 is 0 Å². The normalized spacial score (nSPS) is 10.6. The van der Waals surface area contributed by atoms with Crippen LogP contribution in [-0.4, -0.2) is 21.0 Å². The van der Waals surface area contributed by atoms with E-state index in [1.54, 1.807) is 0 Å². The number of anilines is 1. The summed E-state index contributed by atoms with van der Waals surface area (Å²) in [4.78, 5) is 18.4. The third-order valence-electron chi connectivity index (χ3n) is 2.57. The average molecular weight is 283 g/mol. The third-order valence-corrected chi connectivity index (χ3v) is 2.57. The highest BCUT2D eigenvalue weighted by Gasteiger charge is 2.18. The number of aromatic nitrogens is 2. The van der Waals surface area contributed by atoms with E-state index >= 15 is 0 Å². The molecule has 104 valence electrons. The zero-order chi connectivity index (χ0) is 15.0. The number of carbonyl (C=O) groups is 1. The van der Waals surface area contributed by atoms with Gasteiger partial charge in [-0.25, -0.2) is 27.9 Å². The van der Waals surface area contributed by atoms with E-state index in [9.17, 15) is 18.0 Å². The third kappa shape index (κ3) is 2.27. The number of nitrogens with two attached hydrogens (primary N) is 1. The van der Waals surface area contributed by atoms with Crippen LogP contribution in [0.1, 0.15) is 16.1 Å². The monoisotopic (exact) mass is 283 g/mol. The van der Waals surface area contributed by atoms with Crippen molar-refractivity contribution in [2.24, 2.45) is 0 Å². The van der Waals surface area contributed by atoms with E-state index < -0.39 is 23.4 Å². The first-order valence-electron chi connectivity index (χ1n) is 5.33. The molecule has 1 heterocycles. The molecule has 8 heteroatoms. The Labute approximate surface area is 110 Å². The Balaban J connectivity index is 2.63. The largest absolute Gasteiger partial charge is 0.477 e. The molecule has 20 heavy (non-hydrogen) atoms. The lowest BCUT2D eigenvalue weighted by Crippen LogP contribution is -2.10. The van der Waals surface area contributed by atoms with Gasteiger partial charge < -0.3 is 10.8 Å². The molecule has 0 bridgehead atoms. The maximum Gasteiger partial charge on any atom is 0.341 e. The molecule has 0 spiro atoms. The van der Waals surface area contributed by atoms with Gasteiger partial charge in [0.25, 0.3) is 0 Å². The standard InChI is InChI=1S/C12H8F3N3O2/c1-4-8(12(19)20)10(16)18-11(17-4)5-2-6(13)9(15)7(14)3-5/h2-3H,1H3,(H,19,20)(H2,16,17,18). The van der Waals surface area contributed by atoms with Crippen LogP contribution in [-0.2, 0) is 0 Å². The molecule has 2 rings (SSSR count). The molecule has 0 saturated carbocycles. The van der Waals surface area contributed by atoms with Crippen LogP contribution < -0.4 is 5.73 Å². The van der Waals surface area contributed by atoms with Crippen LogP contribution in [0.3, 0.4) is 0 Å². The molecule has 0 fully saturated rings. The summed E-state index contributed by atoms with van der Waals surface area (Å²) < 4.78 is 39.1. The molecule has 0 atom stereocenters. The maximum absolute atomic E-state index is 13.1. The fourth-order valence-electron chi connectivity index (χ4n) is 1.67. The van der Waals surface area contributed by atoms with Crippen LogP contribution in [0, 0.1) is 24.4 Å². The number of hydrogen-bond acceptors (Lipinski definition) is 4. The van der Waals surface area contributed by atoms with Gasteiger partial charge in [-0.15, -0.1) is 0 Å². The number of aryl methyl sites for hydroxylation is 1. The van der Waals surface area contributed by atoms with Gasteiger partial charge in [-0.1, -0.05) is 0 Å². The van der Waals surface area contributed by atoms with Gasteiger partial charge in [0.1, 0.15) is 11.4 Å². The van der Waals surface area contributed by atoms with Crippen LogP contribution in [0.5, 0.6) is 0 Å². The zero-order valence-electron chi connectivity index (χ0n) is 10.1. The van der Waals surface area contributed by atoms with Gasteiger partial charge in [0.15, 0.2) is 23.3 Å². The molecular formula is C12H8F3N3O2. The molecule has 0 saturated heterocycles. The van der Waals surface area contributed by atoms with Gasteiger partial charge in [-0.3, -0.25) is 0 Å². The first-order valence-corrected chi connectivity index (χ1v) is 5.33. The predicted molar refractivity (Wildman–Crippen MR) is 63.5 cm³/mol. The second-order valence-electron chi connectivity index (χ2n) is 3.95. The van der Waals surface area contributed by atoms with Gasteiger partial charge in [-0.05, 0) is 19.1 Å². The summed E-state index contributed by atoms with van der Waals surface area (Å²) in [7, 11) is 0. The molecule has 0 aliphatic rings. The molecule has 2 aromatic rings. The molecule has 5 nitrogen and oxygen atoms in total. The van der Waals surface area contributed by atoms with E-state index in [-0.39, 0.29) is 28.5 Å². The number of benzene rings is 1. The number of halogens is 3. The SMILES string of the molecule is Cc1nc(-c2cc(F)c(F)c(F)c2)nc(N)c1C(=O)O. The second kappa shape index (κ2) is 4.80. The van der Waals surface area contributed by atoms with E-state index in [0.29, 0.717) is 12.1 Å². The summed E-state index contributed by atoms with van der Waals surface area (Å²) >= 11 is 0. The Kier molecular flexibility index (Phi) is 3.31. The predicted octanol–water partition coefficient (Wildman–Crippen LogP) is 2.15. The highest BCUT2D eigenvalue weighted by molar-refractivity contribution is 5.94. The molecule has 1 aromatic heterocycles. The number of carboxylic acid groups (broad SMARTS) is 1. The molecule has 0 amide bonds. The lowest BCUT2D eigenvalue weighted by atomic mass is 10.1. The number of hydrogen-bond donors (Lipinski definition) is 2. The Morgan fingerprint density at radius 1 is 1.20 bits per heavy atom. The quantitative estimate of drug-likeness (QED) is 0.824. The number of aromatic carboxylic acids is 1. The number of rotatable bonds is 2. The topological polar surface area (TPSA) is 89.1 Å². The summed E-state index contributed by atoms with van der Waals surface area (Å²) in [5, 5.41) is 8.90. The van der Waals surface area contributed by atoms with E-state index in [2.05, 4.69) is 9.97 Å². The fourth-order valence-corrected chi connectivity index (χ4v) is 1.67. The van der Waals surface area contributed by atoms with E-state index in [1.807, 2.05) is 0 Å². The number of carboxylic acids is 1. The van der Waals surface area contributed by atoms with Gasteiger partial charge in [-0.2, -0.15) is 0 Å². The van der Waals surface area contributed by atoms with Crippen molar-refractivity contribution in [2.75, 3.05) is 5.73 Å². The van der Waals surface area contributed by atoms with Crippen molar-refractivity contribution in [1.82, 2.24) is 9.97 Å². The second-order valence-corrected chi connectivity index (χ2v) is 3.95. The van der Waals surface area contributed by atoms with Gasteiger partial charge in [0, 0.05) is 5.56 Å². The van der Waals surface area contributed by atoms with Crippen molar-refractivity contribution in [3.63, 3.8) is 0 Å².